The summed E-state index contributed by atoms with van der Waals surface area (Å²) in [4.78, 5) is 4.52. The zero-order chi connectivity index (χ0) is 11.5. The molecule has 1 aliphatic rings. The first kappa shape index (κ1) is 11.5. The molecule has 4 nitrogen and oxygen atoms in total. The minimum absolute atomic E-state index is 0.336. The SMILES string of the molecule is CCOCC(C)n1cc(C)nc1NC1CC1. The average molecular weight is 223 g/mol. The van der Waals surface area contributed by atoms with E-state index in [1.54, 1.807) is 0 Å². The van der Waals surface area contributed by atoms with Crippen LogP contribution in [0.2, 0.25) is 0 Å². The summed E-state index contributed by atoms with van der Waals surface area (Å²) < 4.78 is 7.64. The van der Waals surface area contributed by atoms with Crippen LogP contribution in [0.5, 0.6) is 0 Å². The summed E-state index contributed by atoms with van der Waals surface area (Å²) >= 11 is 0. The van der Waals surface area contributed by atoms with Crippen molar-refractivity contribution >= 4 is 5.95 Å². The number of aromatic nitrogens is 2. The molecule has 90 valence electrons. The molecular weight excluding hydrogens is 202 g/mol. The Kier molecular flexibility index (Phi) is 3.49. The van der Waals surface area contributed by atoms with Crippen LogP contribution in [0.3, 0.4) is 0 Å². The maximum absolute atomic E-state index is 5.46. The monoisotopic (exact) mass is 223 g/mol. The summed E-state index contributed by atoms with van der Waals surface area (Å²) in [5, 5.41) is 3.46. The van der Waals surface area contributed by atoms with Gasteiger partial charge in [-0.3, -0.25) is 0 Å². The third kappa shape index (κ3) is 2.76. The molecule has 1 N–H and O–H groups in total. The van der Waals surface area contributed by atoms with Gasteiger partial charge in [0.2, 0.25) is 5.95 Å². The maximum atomic E-state index is 5.46. The van der Waals surface area contributed by atoms with Gasteiger partial charge in [0.05, 0.1) is 18.3 Å². The molecule has 0 bridgehead atoms. The molecule has 0 saturated heterocycles. The van der Waals surface area contributed by atoms with Gasteiger partial charge in [0.25, 0.3) is 0 Å². The second-order valence-corrected chi connectivity index (χ2v) is 4.54. The molecule has 0 radical (unpaired) electrons. The molecule has 0 aliphatic heterocycles. The van der Waals surface area contributed by atoms with Crippen molar-refractivity contribution in [3.8, 4) is 0 Å². The van der Waals surface area contributed by atoms with Crippen LogP contribution in [0.1, 0.15) is 38.4 Å². The van der Waals surface area contributed by atoms with Gasteiger partial charge in [-0.2, -0.15) is 0 Å². The van der Waals surface area contributed by atoms with Crippen LogP contribution in [0.25, 0.3) is 0 Å². The molecule has 1 aliphatic carbocycles. The van der Waals surface area contributed by atoms with Gasteiger partial charge in [0.15, 0.2) is 0 Å². The van der Waals surface area contributed by atoms with Crippen molar-refractivity contribution in [1.29, 1.82) is 0 Å². The highest BCUT2D eigenvalue weighted by Crippen LogP contribution is 2.25. The predicted molar refractivity (Wildman–Crippen MR) is 64.8 cm³/mol. The van der Waals surface area contributed by atoms with Gasteiger partial charge in [-0.05, 0) is 33.6 Å². The largest absolute Gasteiger partial charge is 0.380 e. The highest BCUT2D eigenvalue weighted by molar-refractivity contribution is 5.32. The van der Waals surface area contributed by atoms with E-state index in [0.29, 0.717) is 12.1 Å². The first-order chi connectivity index (χ1) is 7.70. The van der Waals surface area contributed by atoms with Crippen molar-refractivity contribution in [1.82, 2.24) is 9.55 Å². The molecule has 2 rings (SSSR count). The number of hydrogen-bond acceptors (Lipinski definition) is 3. The third-order valence-corrected chi connectivity index (χ3v) is 2.80. The summed E-state index contributed by atoms with van der Waals surface area (Å²) in [5.74, 6) is 0.993. The summed E-state index contributed by atoms with van der Waals surface area (Å²) in [6.45, 7) is 7.72. The molecule has 16 heavy (non-hydrogen) atoms. The van der Waals surface area contributed by atoms with Crippen molar-refractivity contribution in [2.75, 3.05) is 18.5 Å². The van der Waals surface area contributed by atoms with E-state index in [4.69, 9.17) is 4.74 Å². The van der Waals surface area contributed by atoms with E-state index < -0.39 is 0 Å². The molecular formula is C12H21N3O. The van der Waals surface area contributed by atoms with E-state index in [-0.39, 0.29) is 0 Å². The van der Waals surface area contributed by atoms with Gasteiger partial charge in [0.1, 0.15) is 0 Å². The summed E-state index contributed by atoms with van der Waals surface area (Å²) in [6.07, 6.45) is 4.63. The van der Waals surface area contributed by atoms with Crippen LogP contribution in [-0.2, 0) is 4.74 Å². The second kappa shape index (κ2) is 4.87. The van der Waals surface area contributed by atoms with E-state index in [1.165, 1.54) is 12.8 Å². The maximum Gasteiger partial charge on any atom is 0.203 e. The Hall–Kier alpha value is -1.03. The molecule has 0 amide bonds. The Morgan fingerprint density at radius 3 is 3.00 bits per heavy atom. The zero-order valence-electron chi connectivity index (χ0n) is 10.4. The van der Waals surface area contributed by atoms with E-state index >= 15 is 0 Å². The number of aryl methyl sites for hydroxylation is 1. The number of hydrogen-bond donors (Lipinski definition) is 1. The van der Waals surface area contributed by atoms with E-state index in [0.717, 1.165) is 24.9 Å². The average Bonchev–Trinajstić information content (AvgIpc) is 2.98. The molecule has 1 atom stereocenters. The van der Waals surface area contributed by atoms with Gasteiger partial charge in [-0.15, -0.1) is 0 Å². The first-order valence-electron chi connectivity index (χ1n) is 6.10. The normalized spacial score (nSPS) is 17.4. The fourth-order valence-electron chi connectivity index (χ4n) is 1.74. The summed E-state index contributed by atoms with van der Waals surface area (Å²) in [6, 6.07) is 0.974. The highest BCUT2D eigenvalue weighted by atomic mass is 16.5. The smallest absolute Gasteiger partial charge is 0.203 e. The Balaban J connectivity index is 2.04. The third-order valence-electron chi connectivity index (χ3n) is 2.80. The number of nitrogens with zero attached hydrogens (tertiary/aromatic N) is 2. The zero-order valence-corrected chi connectivity index (χ0v) is 10.4. The van der Waals surface area contributed by atoms with Crippen molar-refractivity contribution in [3.63, 3.8) is 0 Å². The lowest BCUT2D eigenvalue weighted by Crippen LogP contribution is -2.16. The molecule has 1 saturated carbocycles. The Bertz CT molecular complexity index is 344. The van der Waals surface area contributed by atoms with E-state index in [9.17, 15) is 0 Å². The van der Waals surface area contributed by atoms with E-state index in [1.807, 2.05) is 13.8 Å². The standard InChI is InChI=1S/C12H21N3O/c1-4-16-8-10(3)15-7-9(2)13-12(15)14-11-5-6-11/h7,10-11H,4-6,8H2,1-3H3,(H,13,14). The Labute approximate surface area is 97.0 Å². The molecule has 1 unspecified atom stereocenters. The lowest BCUT2D eigenvalue weighted by atomic mass is 10.3. The van der Waals surface area contributed by atoms with Crippen LogP contribution >= 0.6 is 0 Å². The minimum atomic E-state index is 0.336. The molecule has 4 heteroatoms. The van der Waals surface area contributed by atoms with Gasteiger partial charge in [0, 0.05) is 18.8 Å². The molecule has 0 aromatic carbocycles. The summed E-state index contributed by atoms with van der Waals surface area (Å²) in [7, 11) is 0. The van der Waals surface area contributed by atoms with Crippen molar-refractivity contribution in [3.05, 3.63) is 11.9 Å². The fraction of sp³-hybridized carbons (Fsp3) is 0.750. The molecule has 1 fully saturated rings. The lowest BCUT2D eigenvalue weighted by molar-refractivity contribution is 0.119. The van der Waals surface area contributed by atoms with Crippen molar-refractivity contribution in [2.45, 2.75) is 45.7 Å². The number of rotatable bonds is 6. The van der Waals surface area contributed by atoms with Crippen LogP contribution in [0.15, 0.2) is 6.20 Å². The van der Waals surface area contributed by atoms with Crippen molar-refractivity contribution in [2.24, 2.45) is 0 Å². The second-order valence-electron chi connectivity index (χ2n) is 4.54. The molecule has 1 aromatic rings. The minimum Gasteiger partial charge on any atom is -0.380 e. The molecule has 1 heterocycles. The number of nitrogens with one attached hydrogen (secondary N) is 1. The van der Waals surface area contributed by atoms with Crippen molar-refractivity contribution < 1.29 is 4.74 Å². The summed E-state index contributed by atoms with van der Waals surface area (Å²) in [5.41, 5.74) is 1.06. The first-order valence-corrected chi connectivity index (χ1v) is 6.10. The Morgan fingerprint density at radius 2 is 2.38 bits per heavy atom. The van der Waals surface area contributed by atoms with Gasteiger partial charge in [-0.1, -0.05) is 0 Å². The number of imidazole rings is 1. The van der Waals surface area contributed by atoms with Crippen LogP contribution in [0, 0.1) is 6.92 Å². The fourth-order valence-corrected chi connectivity index (χ4v) is 1.74. The Morgan fingerprint density at radius 1 is 1.62 bits per heavy atom. The van der Waals surface area contributed by atoms with Crippen LogP contribution in [0.4, 0.5) is 5.95 Å². The highest BCUT2D eigenvalue weighted by Gasteiger charge is 2.23. The number of ether oxygens (including phenoxy) is 1. The van der Waals surface area contributed by atoms with Crippen LogP contribution < -0.4 is 5.32 Å². The van der Waals surface area contributed by atoms with Gasteiger partial charge >= 0.3 is 0 Å². The van der Waals surface area contributed by atoms with Gasteiger partial charge in [-0.25, -0.2) is 4.98 Å². The quantitative estimate of drug-likeness (QED) is 0.804. The van der Waals surface area contributed by atoms with Crippen LogP contribution in [-0.4, -0.2) is 28.8 Å². The molecule has 1 aromatic heterocycles. The molecule has 0 spiro atoms. The topological polar surface area (TPSA) is 39.1 Å². The van der Waals surface area contributed by atoms with Gasteiger partial charge < -0.3 is 14.6 Å². The van der Waals surface area contributed by atoms with E-state index in [2.05, 4.69) is 28.0 Å². The number of anilines is 1. The predicted octanol–water partition coefficient (Wildman–Crippen LogP) is 2.36. The lowest BCUT2D eigenvalue weighted by Gasteiger charge is -2.16.